The van der Waals surface area contributed by atoms with Crippen LogP contribution in [0, 0.1) is 5.82 Å². The molecule has 0 aliphatic carbocycles. The van der Waals surface area contributed by atoms with Crippen molar-refractivity contribution in [1.82, 2.24) is 24.9 Å². The van der Waals surface area contributed by atoms with E-state index in [0.29, 0.717) is 43.4 Å². The highest BCUT2D eigenvalue weighted by molar-refractivity contribution is 5.70. The Bertz CT molecular complexity index is 1350. The second-order valence-electron chi connectivity index (χ2n) is 7.86. The SMILES string of the molecule is Oc1cc(Nc2ccc(CN=Nc3ncc(F)c(N4CCOCC4)n3)nc2)cc(-c2cnccn2)c1. The number of phenols is 1. The molecule has 3 aromatic heterocycles. The van der Waals surface area contributed by atoms with Gasteiger partial charge in [-0.1, -0.05) is 0 Å². The molecule has 5 rings (SSSR count). The number of pyridine rings is 1. The Labute approximate surface area is 205 Å². The zero-order valence-corrected chi connectivity index (χ0v) is 19.1. The van der Waals surface area contributed by atoms with Crippen molar-refractivity contribution in [3.8, 4) is 17.0 Å². The average molecular weight is 487 g/mol. The van der Waals surface area contributed by atoms with Crippen LogP contribution in [0.3, 0.4) is 0 Å². The molecule has 11 nitrogen and oxygen atoms in total. The molecule has 1 fully saturated rings. The molecule has 0 unspecified atom stereocenters. The molecule has 0 atom stereocenters. The van der Waals surface area contributed by atoms with Gasteiger partial charge in [-0.25, -0.2) is 9.37 Å². The van der Waals surface area contributed by atoms with Crippen molar-refractivity contribution >= 4 is 23.1 Å². The number of aromatic nitrogens is 5. The van der Waals surface area contributed by atoms with Gasteiger partial charge in [-0.3, -0.25) is 15.0 Å². The van der Waals surface area contributed by atoms with E-state index >= 15 is 0 Å². The number of rotatable bonds is 7. The predicted octanol–water partition coefficient (Wildman–Crippen LogP) is 4.04. The van der Waals surface area contributed by atoms with Gasteiger partial charge in [-0.15, -0.1) is 5.11 Å². The quantitative estimate of drug-likeness (QED) is 0.370. The molecular weight excluding hydrogens is 465 g/mol. The van der Waals surface area contributed by atoms with Crippen LogP contribution in [0.5, 0.6) is 5.75 Å². The fraction of sp³-hybridized carbons (Fsp3) is 0.208. The summed E-state index contributed by atoms with van der Waals surface area (Å²) in [7, 11) is 0. The summed E-state index contributed by atoms with van der Waals surface area (Å²) in [6.07, 6.45) is 7.57. The Morgan fingerprint density at radius 2 is 1.89 bits per heavy atom. The Hall–Kier alpha value is -4.58. The largest absolute Gasteiger partial charge is 0.508 e. The molecule has 4 aromatic rings. The van der Waals surface area contributed by atoms with E-state index in [0.717, 1.165) is 17.4 Å². The number of hydrogen-bond acceptors (Lipinski definition) is 11. The van der Waals surface area contributed by atoms with E-state index in [4.69, 9.17) is 4.74 Å². The molecular formula is C24H22FN9O2. The summed E-state index contributed by atoms with van der Waals surface area (Å²) in [4.78, 5) is 22.6. The normalized spacial score (nSPS) is 13.8. The van der Waals surface area contributed by atoms with Gasteiger partial charge in [-0.05, 0) is 24.3 Å². The van der Waals surface area contributed by atoms with Gasteiger partial charge < -0.3 is 20.1 Å². The highest BCUT2D eigenvalue weighted by Crippen LogP contribution is 2.28. The van der Waals surface area contributed by atoms with Crippen LogP contribution in [-0.2, 0) is 11.3 Å². The summed E-state index contributed by atoms with van der Waals surface area (Å²) in [5.41, 5.74) is 3.46. The minimum atomic E-state index is -0.504. The fourth-order valence-electron chi connectivity index (χ4n) is 3.60. The van der Waals surface area contributed by atoms with Crippen molar-refractivity contribution in [2.24, 2.45) is 10.2 Å². The van der Waals surface area contributed by atoms with Crippen LogP contribution >= 0.6 is 0 Å². The smallest absolute Gasteiger partial charge is 0.270 e. The summed E-state index contributed by atoms with van der Waals surface area (Å²) < 4.78 is 19.4. The van der Waals surface area contributed by atoms with E-state index in [1.165, 1.54) is 0 Å². The minimum absolute atomic E-state index is 0.0824. The first-order chi connectivity index (χ1) is 17.6. The number of aromatic hydroxyl groups is 1. The monoisotopic (exact) mass is 487 g/mol. The number of benzene rings is 1. The zero-order chi connectivity index (χ0) is 24.7. The number of anilines is 3. The van der Waals surface area contributed by atoms with Crippen molar-refractivity contribution in [1.29, 1.82) is 0 Å². The summed E-state index contributed by atoms with van der Waals surface area (Å²) in [5.74, 6) is -0.120. The Morgan fingerprint density at radius 3 is 2.67 bits per heavy atom. The maximum Gasteiger partial charge on any atom is 0.270 e. The second kappa shape index (κ2) is 10.8. The van der Waals surface area contributed by atoms with Crippen LogP contribution in [0.15, 0.2) is 71.5 Å². The number of halogens is 1. The molecule has 1 aliphatic rings. The van der Waals surface area contributed by atoms with Gasteiger partial charge in [0, 0.05) is 42.8 Å². The molecule has 0 saturated carbocycles. The molecule has 182 valence electrons. The molecule has 1 saturated heterocycles. The van der Waals surface area contributed by atoms with E-state index in [9.17, 15) is 9.50 Å². The van der Waals surface area contributed by atoms with Gasteiger partial charge in [-0.2, -0.15) is 10.1 Å². The Kier molecular flexibility index (Phi) is 6.94. The summed E-state index contributed by atoms with van der Waals surface area (Å²) in [6.45, 7) is 2.35. The minimum Gasteiger partial charge on any atom is -0.508 e. The Balaban J connectivity index is 1.22. The standard InChI is InChI=1S/C24H22FN9O2/c25-21-14-29-24(32-23(21)34-5-7-36-8-6-34)33-30-13-17-1-2-18(12-28-17)31-19-9-16(10-20(35)11-19)22-15-26-3-4-27-22/h1-4,9-12,14-15,31,35H,5-8,13H2. The first kappa shape index (κ1) is 23.2. The highest BCUT2D eigenvalue weighted by atomic mass is 19.1. The van der Waals surface area contributed by atoms with Gasteiger partial charge in [0.05, 0.1) is 48.9 Å². The average Bonchev–Trinajstić information content (AvgIpc) is 2.91. The van der Waals surface area contributed by atoms with E-state index in [2.05, 4.69) is 40.5 Å². The number of hydrogen-bond donors (Lipinski definition) is 2. The van der Waals surface area contributed by atoms with Crippen molar-refractivity contribution in [2.75, 3.05) is 36.5 Å². The van der Waals surface area contributed by atoms with Crippen LogP contribution < -0.4 is 10.2 Å². The maximum absolute atomic E-state index is 14.2. The molecule has 4 heterocycles. The third-order valence-electron chi connectivity index (χ3n) is 5.31. The van der Waals surface area contributed by atoms with Crippen molar-refractivity contribution in [3.63, 3.8) is 0 Å². The lowest BCUT2D eigenvalue weighted by molar-refractivity contribution is 0.122. The molecule has 1 aromatic carbocycles. The lowest BCUT2D eigenvalue weighted by Crippen LogP contribution is -2.37. The number of azo groups is 1. The second-order valence-corrected chi connectivity index (χ2v) is 7.86. The van der Waals surface area contributed by atoms with Crippen LogP contribution in [0.25, 0.3) is 11.3 Å². The van der Waals surface area contributed by atoms with Crippen molar-refractivity contribution in [3.05, 3.63) is 72.8 Å². The van der Waals surface area contributed by atoms with Gasteiger partial charge in [0.1, 0.15) is 12.3 Å². The Morgan fingerprint density at radius 1 is 1.00 bits per heavy atom. The summed E-state index contributed by atoms with van der Waals surface area (Å²) in [6, 6.07) is 8.74. The summed E-state index contributed by atoms with van der Waals surface area (Å²) >= 11 is 0. The third-order valence-corrected chi connectivity index (χ3v) is 5.31. The highest BCUT2D eigenvalue weighted by Gasteiger charge is 2.17. The molecule has 0 amide bonds. The van der Waals surface area contributed by atoms with Gasteiger partial charge in [0.15, 0.2) is 11.6 Å². The molecule has 0 bridgehead atoms. The van der Waals surface area contributed by atoms with E-state index in [1.54, 1.807) is 47.9 Å². The number of nitrogens with zero attached hydrogens (tertiary/aromatic N) is 8. The van der Waals surface area contributed by atoms with Crippen LogP contribution in [-0.4, -0.2) is 56.3 Å². The van der Waals surface area contributed by atoms with Gasteiger partial charge in [0.2, 0.25) is 0 Å². The van der Waals surface area contributed by atoms with Crippen LogP contribution in [0.1, 0.15) is 5.69 Å². The number of ether oxygens (including phenoxy) is 1. The van der Waals surface area contributed by atoms with E-state index in [-0.39, 0.29) is 24.1 Å². The topological polar surface area (TPSA) is 134 Å². The lowest BCUT2D eigenvalue weighted by Gasteiger charge is -2.27. The molecule has 36 heavy (non-hydrogen) atoms. The number of nitrogens with one attached hydrogen (secondary N) is 1. The van der Waals surface area contributed by atoms with Crippen molar-refractivity contribution < 1.29 is 14.2 Å². The fourth-order valence-corrected chi connectivity index (χ4v) is 3.60. The van der Waals surface area contributed by atoms with E-state index < -0.39 is 5.82 Å². The molecule has 2 N–H and O–H groups in total. The third kappa shape index (κ3) is 5.73. The lowest BCUT2D eigenvalue weighted by atomic mass is 10.1. The maximum atomic E-state index is 14.2. The van der Waals surface area contributed by atoms with Crippen LogP contribution in [0.2, 0.25) is 0 Å². The summed E-state index contributed by atoms with van der Waals surface area (Å²) in [5, 5.41) is 21.4. The predicted molar refractivity (Wildman–Crippen MR) is 130 cm³/mol. The zero-order valence-electron chi connectivity index (χ0n) is 19.1. The van der Waals surface area contributed by atoms with Gasteiger partial charge in [0.25, 0.3) is 5.95 Å². The first-order valence-corrected chi connectivity index (χ1v) is 11.2. The van der Waals surface area contributed by atoms with E-state index in [1.807, 2.05) is 12.1 Å². The van der Waals surface area contributed by atoms with Gasteiger partial charge >= 0.3 is 0 Å². The number of phenolic OH excluding ortho intramolecular Hbond substituents is 1. The first-order valence-electron chi connectivity index (χ1n) is 11.2. The molecule has 0 spiro atoms. The number of morpholine rings is 1. The molecule has 0 radical (unpaired) electrons. The van der Waals surface area contributed by atoms with Crippen molar-refractivity contribution in [2.45, 2.75) is 6.54 Å². The van der Waals surface area contributed by atoms with Crippen LogP contribution in [0.4, 0.5) is 27.5 Å². The molecule has 1 aliphatic heterocycles. The molecule has 12 heteroatoms.